The Bertz CT molecular complexity index is 735. The average Bonchev–Trinajstić information content (AvgIpc) is 3.09. The monoisotopic (exact) mass is 373 g/mol. The van der Waals surface area contributed by atoms with Crippen molar-refractivity contribution in [2.75, 3.05) is 13.7 Å². The van der Waals surface area contributed by atoms with Gasteiger partial charge in [-0.3, -0.25) is 4.90 Å². The SMILES string of the molecule is COc1ccc(SC2CC3=CC(O)O[C@@]34C[C@@H]2N2CCCC[C@@]24C)cc1. The number of hydrogen-bond donors (Lipinski definition) is 1. The molecule has 140 valence electrons. The van der Waals surface area contributed by atoms with Crippen LogP contribution in [-0.2, 0) is 4.74 Å². The summed E-state index contributed by atoms with van der Waals surface area (Å²) in [6, 6.07) is 8.90. The Morgan fingerprint density at radius 1 is 1.27 bits per heavy atom. The average molecular weight is 374 g/mol. The zero-order valence-electron chi connectivity index (χ0n) is 15.5. The van der Waals surface area contributed by atoms with E-state index in [9.17, 15) is 5.11 Å². The van der Waals surface area contributed by atoms with E-state index in [2.05, 4.69) is 24.0 Å². The second-order valence-electron chi connectivity index (χ2n) is 8.26. The van der Waals surface area contributed by atoms with Crippen LogP contribution in [0.3, 0.4) is 0 Å². The number of piperidine rings is 1. The number of nitrogens with zero attached hydrogens (tertiary/aromatic N) is 1. The Hall–Kier alpha value is -1.01. The van der Waals surface area contributed by atoms with Crippen LogP contribution in [0.1, 0.15) is 39.0 Å². The molecule has 0 radical (unpaired) electrons. The highest BCUT2D eigenvalue weighted by molar-refractivity contribution is 8.00. The molecule has 1 aromatic rings. The first-order valence-corrected chi connectivity index (χ1v) is 10.6. The number of aliphatic hydroxyl groups is 1. The molecule has 3 heterocycles. The lowest BCUT2D eigenvalue weighted by Gasteiger charge is -2.48. The van der Waals surface area contributed by atoms with Crippen molar-refractivity contribution in [3.8, 4) is 5.75 Å². The van der Waals surface area contributed by atoms with Crippen LogP contribution < -0.4 is 4.74 Å². The molecule has 4 aliphatic rings. The molecule has 4 nitrogen and oxygen atoms in total. The van der Waals surface area contributed by atoms with Gasteiger partial charge in [0.15, 0.2) is 6.29 Å². The van der Waals surface area contributed by atoms with Gasteiger partial charge in [-0.25, -0.2) is 0 Å². The summed E-state index contributed by atoms with van der Waals surface area (Å²) in [4.78, 5) is 4.00. The van der Waals surface area contributed by atoms with Gasteiger partial charge in [-0.2, -0.15) is 0 Å². The fraction of sp³-hybridized carbons (Fsp3) is 0.619. The fourth-order valence-electron chi connectivity index (χ4n) is 5.87. The zero-order chi connectivity index (χ0) is 17.9. The summed E-state index contributed by atoms with van der Waals surface area (Å²) < 4.78 is 11.5. The molecule has 3 aliphatic heterocycles. The van der Waals surface area contributed by atoms with E-state index in [0.717, 1.165) is 31.6 Å². The van der Waals surface area contributed by atoms with Crippen molar-refractivity contribution in [1.82, 2.24) is 4.90 Å². The van der Waals surface area contributed by atoms with E-state index >= 15 is 0 Å². The predicted octanol–water partition coefficient (Wildman–Crippen LogP) is 3.59. The van der Waals surface area contributed by atoms with Crippen LogP contribution in [0.15, 0.2) is 40.8 Å². The van der Waals surface area contributed by atoms with Crippen LogP contribution >= 0.6 is 11.8 Å². The summed E-state index contributed by atoms with van der Waals surface area (Å²) in [5, 5.41) is 10.8. The molecule has 2 saturated heterocycles. The molecule has 3 fully saturated rings. The van der Waals surface area contributed by atoms with Crippen LogP contribution in [0.5, 0.6) is 5.75 Å². The summed E-state index contributed by atoms with van der Waals surface area (Å²) in [6.45, 7) is 3.52. The first kappa shape index (κ1) is 17.1. The quantitative estimate of drug-likeness (QED) is 0.820. The maximum atomic E-state index is 10.3. The van der Waals surface area contributed by atoms with Gasteiger partial charge in [0.2, 0.25) is 0 Å². The van der Waals surface area contributed by atoms with Gasteiger partial charge >= 0.3 is 0 Å². The van der Waals surface area contributed by atoms with Gasteiger partial charge in [-0.05, 0) is 75.1 Å². The number of benzene rings is 1. The number of ether oxygens (including phenoxy) is 2. The largest absolute Gasteiger partial charge is 0.497 e. The molecular formula is C21H27NO3S. The van der Waals surface area contributed by atoms with Gasteiger partial charge in [0.1, 0.15) is 11.4 Å². The number of rotatable bonds is 3. The van der Waals surface area contributed by atoms with E-state index in [1.165, 1.54) is 23.3 Å². The molecule has 0 aromatic heterocycles. The highest BCUT2D eigenvalue weighted by Crippen LogP contribution is 2.62. The van der Waals surface area contributed by atoms with Crippen LogP contribution in [0.2, 0.25) is 0 Å². The molecule has 2 unspecified atom stereocenters. The molecule has 5 rings (SSSR count). The van der Waals surface area contributed by atoms with Crippen molar-refractivity contribution in [3.63, 3.8) is 0 Å². The van der Waals surface area contributed by atoms with Crippen LogP contribution in [0.25, 0.3) is 0 Å². The van der Waals surface area contributed by atoms with Crippen molar-refractivity contribution in [3.05, 3.63) is 35.9 Å². The summed E-state index contributed by atoms with van der Waals surface area (Å²) in [5.41, 5.74) is 1.09. The second kappa shape index (κ2) is 5.99. The number of fused-ring (bicyclic) bond motifs is 3. The molecule has 1 aliphatic carbocycles. The van der Waals surface area contributed by atoms with E-state index < -0.39 is 6.29 Å². The normalized spacial score (nSPS) is 41.5. The molecule has 2 bridgehead atoms. The Morgan fingerprint density at radius 2 is 2.08 bits per heavy atom. The lowest BCUT2D eigenvalue weighted by Crippen LogP contribution is -2.58. The predicted molar refractivity (Wildman–Crippen MR) is 103 cm³/mol. The van der Waals surface area contributed by atoms with Crippen LogP contribution in [0, 0.1) is 0 Å². The zero-order valence-corrected chi connectivity index (χ0v) is 16.3. The van der Waals surface area contributed by atoms with Gasteiger partial charge in [0, 0.05) is 16.2 Å². The fourth-order valence-corrected chi connectivity index (χ4v) is 7.18. The van der Waals surface area contributed by atoms with E-state index in [-0.39, 0.29) is 11.1 Å². The summed E-state index contributed by atoms with van der Waals surface area (Å²) in [6.07, 6.45) is 6.95. The Kier molecular flexibility index (Phi) is 3.95. The number of methoxy groups -OCH3 is 1. The van der Waals surface area contributed by atoms with Gasteiger partial charge in [0.25, 0.3) is 0 Å². The molecule has 1 aromatic carbocycles. The minimum atomic E-state index is -0.742. The summed E-state index contributed by atoms with van der Waals surface area (Å²) in [5.74, 6) is 0.900. The standard InChI is InChI=1S/C21H27NO3S/c1-20-9-3-4-10-22(20)17-13-21(20)14(12-19(23)25-21)11-18(17)26-16-7-5-15(24-2)6-8-16/h5-8,12,17-19,23H,3-4,9-11,13H2,1-2H3/t17-,18?,19?,20+,21-/m0/s1. The molecule has 26 heavy (non-hydrogen) atoms. The molecule has 1 N–H and O–H groups in total. The highest BCUT2D eigenvalue weighted by Gasteiger charge is 2.68. The molecule has 5 heteroatoms. The van der Waals surface area contributed by atoms with Gasteiger partial charge in [0.05, 0.1) is 12.6 Å². The third-order valence-electron chi connectivity index (χ3n) is 7.09. The third-order valence-corrected chi connectivity index (χ3v) is 8.42. The Morgan fingerprint density at radius 3 is 2.85 bits per heavy atom. The van der Waals surface area contributed by atoms with Crippen molar-refractivity contribution in [2.45, 2.75) is 72.6 Å². The summed E-state index contributed by atoms with van der Waals surface area (Å²) in [7, 11) is 1.70. The van der Waals surface area contributed by atoms with Gasteiger partial charge in [-0.1, -0.05) is 6.42 Å². The van der Waals surface area contributed by atoms with E-state index in [1.807, 2.05) is 30.0 Å². The van der Waals surface area contributed by atoms with E-state index in [4.69, 9.17) is 9.47 Å². The molecule has 1 spiro atoms. The van der Waals surface area contributed by atoms with Crippen molar-refractivity contribution < 1.29 is 14.6 Å². The topological polar surface area (TPSA) is 41.9 Å². The van der Waals surface area contributed by atoms with E-state index in [1.54, 1.807) is 7.11 Å². The molecule has 1 saturated carbocycles. The lowest BCUT2D eigenvalue weighted by atomic mass is 9.70. The number of thioether (sulfide) groups is 1. The lowest BCUT2D eigenvalue weighted by molar-refractivity contribution is -0.163. The maximum absolute atomic E-state index is 10.3. The Labute approximate surface area is 159 Å². The minimum absolute atomic E-state index is 0.0223. The first-order chi connectivity index (χ1) is 12.6. The van der Waals surface area contributed by atoms with E-state index in [0.29, 0.717) is 11.3 Å². The minimum Gasteiger partial charge on any atom is -0.497 e. The molecule has 0 amide bonds. The van der Waals surface area contributed by atoms with Crippen molar-refractivity contribution in [2.24, 2.45) is 0 Å². The molecule has 5 atom stereocenters. The van der Waals surface area contributed by atoms with Crippen LogP contribution in [0.4, 0.5) is 0 Å². The maximum Gasteiger partial charge on any atom is 0.175 e. The number of hydrogen-bond acceptors (Lipinski definition) is 5. The molecular weight excluding hydrogens is 346 g/mol. The summed E-state index contributed by atoms with van der Waals surface area (Å²) >= 11 is 1.97. The van der Waals surface area contributed by atoms with Crippen molar-refractivity contribution >= 4 is 11.8 Å². The van der Waals surface area contributed by atoms with Gasteiger partial charge in [-0.15, -0.1) is 11.8 Å². The number of aliphatic hydroxyl groups excluding tert-OH is 1. The Balaban J connectivity index is 1.48. The first-order valence-electron chi connectivity index (χ1n) is 9.70. The van der Waals surface area contributed by atoms with Gasteiger partial charge < -0.3 is 14.6 Å². The van der Waals surface area contributed by atoms with Crippen LogP contribution in [-0.4, -0.2) is 52.4 Å². The van der Waals surface area contributed by atoms with Crippen molar-refractivity contribution in [1.29, 1.82) is 0 Å². The smallest absolute Gasteiger partial charge is 0.175 e. The third kappa shape index (κ3) is 2.27. The second-order valence-corrected chi connectivity index (χ2v) is 9.57. The highest BCUT2D eigenvalue weighted by atomic mass is 32.2.